The number of carboxylic acids is 1. The normalized spacial score (nSPS) is 11.1. The molecule has 0 aliphatic carbocycles. The number of halogens is 1. The van der Waals surface area contributed by atoms with E-state index in [0.29, 0.717) is 10.9 Å². The van der Waals surface area contributed by atoms with Crippen molar-refractivity contribution in [2.45, 2.75) is 6.92 Å². The average Bonchev–Trinajstić information content (AvgIpc) is 2.48. The minimum absolute atomic E-state index is 0.0306. The standard InChI is InChI=1S/C15H10BrNO4/c1-6-13(18)10-9(15(20)21)7-4-2-3-5-8(7)17-12(10)11(16)14(6)19/h2-5,18-19H,1H3,(H,20,21). The van der Waals surface area contributed by atoms with Gasteiger partial charge in [0.25, 0.3) is 0 Å². The van der Waals surface area contributed by atoms with Gasteiger partial charge in [-0.05, 0) is 28.9 Å². The van der Waals surface area contributed by atoms with Crippen molar-refractivity contribution in [3.05, 3.63) is 39.9 Å². The lowest BCUT2D eigenvalue weighted by atomic mass is 9.99. The zero-order chi connectivity index (χ0) is 15.3. The van der Waals surface area contributed by atoms with Crippen LogP contribution < -0.4 is 0 Å². The summed E-state index contributed by atoms with van der Waals surface area (Å²) < 4.78 is 0.265. The van der Waals surface area contributed by atoms with E-state index < -0.39 is 5.97 Å². The summed E-state index contributed by atoms with van der Waals surface area (Å²) in [6, 6.07) is 6.78. The van der Waals surface area contributed by atoms with Crippen molar-refractivity contribution in [1.29, 1.82) is 0 Å². The van der Waals surface area contributed by atoms with E-state index in [2.05, 4.69) is 20.9 Å². The average molecular weight is 348 g/mol. The molecule has 5 nitrogen and oxygen atoms in total. The lowest BCUT2D eigenvalue weighted by molar-refractivity contribution is 0.0700. The zero-order valence-electron chi connectivity index (χ0n) is 10.9. The van der Waals surface area contributed by atoms with E-state index in [1.165, 1.54) is 6.92 Å². The highest BCUT2D eigenvalue weighted by Crippen LogP contribution is 2.44. The number of hydrogen-bond acceptors (Lipinski definition) is 4. The molecule has 2 aromatic carbocycles. The second-order valence-corrected chi connectivity index (χ2v) is 5.46. The highest BCUT2D eigenvalue weighted by molar-refractivity contribution is 9.10. The number of phenolic OH excluding ortho intramolecular Hbond substituents is 2. The molecule has 106 valence electrons. The Morgan fingerprint density at radius 3 is 2.52 bits per heavy atom. The zero-order valence-corrected chi connectivity index (χ0v) is 12.5. The van der Waals surface area contributed by atoms with Gasteiger partial charge in [0.05, 0.1) is 26.5 Å². The van der Waals surface area contributed by atoms with Gasteiger partial charge in [-0.25, -0.2) is 9.78 Å². The monoisotopic (exact) mass is 347 g/mol. The largest absolute Gasteiger partial charge is 0.507 e. The highest BCUT2D eigenvalue weighted by atomic mass is 79.9. The van der Waals surface area contributed by atoms with E-state index in [9.17, 15) is 20.1 Å². The van der Waals surface area contributed by atoms with Crippen LogP contribution in [0.4, 0.5) is 0 Å². The number of aromatic nitrogens is 1. The molecule has 0 amide bonds. The topological polar surface area (TPSA) is 90.7 Å². The summed E-state index contributed by atoms with van der Waals surface area (Å²) in [6.07, 6.45) is 0. The number of benzene rings is 2. The van der Waals surface area contributed by atoms with Crippen LogP contribution in [0.25, 0.3) is 21.8 Å². The molecular weight excluding hydrogens is 338 g/mol. The molecule has 0 atom stereocenters. The van der Waals surface area contributed by atoms with Crippen molar-refractivity contribution >= 4 is 43.7 Å². The molecule has 0 saturated heterocycles. The van der Waals surface area contributed by atoms with Gasteiger partial charge in [0.2, 0.25) is 0 Å². The Morgan fingerprint density at radius 2 is 1.86 bits per heavy atom. The maximum absolute atomic E-state index is 11.7. The Hall–Kier alpha value is -2.34. The first-order valence-electron chi connectivity index (χ1n) is 6.09. The minimum atomic E-state index is -1.16. The van der Waals surface area contributed by atoms with Gasteiger partial charge in [-0.2, -0.15) is 0 Å². The summed E-state index contributed by atoms with van der Waals surface area (Å²) in [5.74, 6) is -1.59. The molecule has 1 aromatic heterocycles. The lowest BCUT2D eigenvalue weighted by Crippen LogP contribution is -2.02. The molecule has 0 radical (unpaired) electrons. The first-order valence-corrected chi connectivity index (χ1v) is 6.88. The van der Waals surface area contributed by atoms with E-state index in [0.717, 1.165) is 0 Å². The quantitative estimate of drug-likeness (QED) is 0.585. The first-order chi connectivity index (χ1) is 9.93. The summed E-state index contributed by atoms with van der Waals surface area (Å²) in [4.78, 5) is 16.0. The first kappa shape index (κ1) is 13.6. The maximum atomic E-state index is 11.7. The predicted molar refractivity (Wildman–Crippen MR) is 82.0 cm³/mol. The number of carboxylic acid groups (broad SMARTS) is 1. The lowest BCUT2D eigenvalue weighted by Gasteiger charge is -2.13. The van der Waals surface area contributed by atoms with Gasteiger partial charge in [-0.15, -0.1) is 0 Å². The second kappa shape index (κ2) is 4.60. The number of fused-ring (bicyclic) bond motifs is 2. The fourth-order valence-corrected chi connectivity index (χ4v) is 2.98. The van der Waals surface area contributed by atoms with Crippen LogP contribution in [0.15, 0.2) is 28.7 Å². The van der Waals surface area contributed by atoms with E-state index in [4.69, 9.17) is 0 Å². The molecule has 0 fully saturated rings. The minimum Gasteiger partial charge on any atom is -0.507 e. The Kier molecular flexibility index (Phi) is 2.98. The molecule has 0 spiro atoms. The van der Waals surface area contributed by atoms with Crippen LogP contribution in [-0.2, 0) is 0 Å². The van der Waals surface area contributed by atoms with Crippen molar-refractivity contribution in [2.75, 3.05) is 0 Å². The van der Waals surface area contributed by atoms with Gasteiger partial charge >= 0.3 is 5.97 Å². The third kappa shape index (κ3) is 1.83. The van der Waals surface area contributed by atoms with Crippen molar-refractivity contribution < 1.29 is 20.1 Å². The molecule has 0 saturated carbocycles. The summed E-state index contributed by atoms with van der Waals surface area (Å²) in [7, 11) is 0. The molecule has 3 rings (SSSR count). The van der Waals surface area contributed by atoms with Gasteiger partial charge in [0.15, 0.2) is 0 Å². The number of pyridine rings is 1. The molecule has 0 bridgehead atoms. The molecule has 3 aromatic rings. The molecular formula is C15H10BrNO4. The molecule has 0 aliphatic heterocycles. The van der Waals surface area contributed by atoms with Crippen LogP contribution in [0.5, 0.6) is 11.5 Å². The van der Waals surface area contributed by atoms with Crippen LogP contribution in [0, 0.1) is 6.92 Å². The molecule has 3 N–H and O–H groups in total. The molecule has 6 heteroatoms. The van der Waals surface area contributed by atoms with Crippen LogP contribution >= 0.6 is 15.9 Å². The van der Waals surface area contributed by atoms with Crippen LogP contribution in [-0.4, -0.2) is 26.3 Å². The molecule has 1 heterocycles. The van der Waals surface area contributed by atoms with Gasteiger partial charge in [0.1, 0.15) is 11.5 Å². The van der Waals surface area contributed by atoms with Gasteiger partial charge in [0, 0.05) is 10.9 Å². The summed E-state index contributed by atoms with van der Waals surface area (Å²) in [6.45, 7) is 1.51. The number of phenols is 2. The third-order valence-electron chi connectivity index (χ3n) is 3.47. The summed E-state index contributed by atoms with van der Waals surface area (Å²) >= 11 is 3.22. The maximum Gasteiger partial charge on any atom is 0.337 e. The number of para-hydroxylation sites is 1. The SMILES string of the molecule is Cc1c(O)c(Br)c2nc3ccccc3c(C(=O)O)c2c1O. The Bertz CT molecular complexity index is 921. The molecule has 21 heavy (non-hydrogen) atoms. The van der Waals surface area contributed by atoms with Crippen molar-refractivity contribution in [3.8, 4) is 11.5 Å². The smallest absolute Gasteiger partial charge is 0.337 e. The van der Waals surface area contributed by atoms with Crippen LogP contribution in [0.3, 0.4) is 0 Å². The summed E-state index contributed by atoms with van der Waals surface area (Å²) in [5.41, 5.74) is 0.864. The molecule has 0 unspecified atom stereocenters. The number of aromatic carboxylic acids is 1. The fraction of sp³-hybridized carbons (Fsp3) is 0.0667. The van der Waals surface area contributed by atoms with E-state index in [-0.39, 0.29) is 38.0 Å². The van der Waals surface area contributed by atoms with Gasteiger partial charge in [-0.1, -0.05) is 18.2 Å². The van der Waals surface area contributed by atoms with Gasteiger partial charge in [-0.3, -0.25) is 0 Å². The number of rotatable bonds is 1. The van der Waals surface area contributed by atoms with Gasteiger partial charge < -0.3 is 15.3 Å². The Labute approximate surface area is 127 Å². The fourth-order valence-electron chi connectivity index (χ4n) is 2.40. The summed E-state index contributed by atoms with van der Waals surface area (Å²) in [5, 5.41) is 30.3. The van der Waals surface area contributed by atoms with Crippen molar-refractivity contribution in [3.63, 3.8) is 0 Å². The van der Waals surface area contributed by atoms with Crippen molar-refractivity contribution in [1.82, 2.24) is 4.98 Å². The third-order valence-corrected chi connectivity index (χ3v) is 4.22. The Balaban J connectivity index is 2.71. The van der Waals surface area contributed by atoms with E-state index in [1.54, 1.807) is 24.3 Å². The number of carbonyl (C=O) groups is 1. The van der Waals surface area contributed by atoms with Crippen LogP contribution in [0.2, 0.25) is 0 Å². The van der Waals surface area contributed by atoms with Crippen LogP contribution in [0.1, 0.15) is 15.9 Å². The van der Waals surface area contributed by atoms with E-state index >= 15 is 0 Å². The van der Waals surface area contributed by atoms with E-state index in [1.807, 2.05) is 0 Å². The Morgan fingerprint density at radius 1 is 1.19 bits per heavy atom. The number of aromatic hydroxyl groups is 2. The predicted octanol–water partition coefficient (Wildman–Crippen LogP) is 3.57. The highest BCUT2D eigenvalue weighted by Gasteiger charge is 2.23. The second-order valence-electron chi connectivity index (χ2n) is 4.67. The number of hydrogen-bond donors (Lipinski definition) is 3. The molecule has 0 aliphatic rings. The number of nitrogens with zero attached hydrogens (tertiary/aromatic N) is 1. The van der Waals surface area contributed by atoms with Crippen molar-refractivity contribution in [2.24, 2.45) is 0 Å².